The number of carbonyl (C=O) groups excluding carboxylic acids is 1. The molecule has 0 bridgehead atoms. The Hall–Kier alpha value is -1.75. The van der Waals surface area contributed by atoms with Crippen molar-refractivity contribution in [2.75, 3.05) is 13.7 Å². The Morgan fingerprint density at radius 3 is 2.89 bits per heavy atom. The summed E-state index contributed by atoms with van der Waals surface area (Å²) in [6.07, 6.45) is -1.04. The zero-order chi connectivity index (χ0) is 13.3. The van der Waals surface area contributed by atoms with E-state index in [4.69, 9.17) is 14.2 Å². The summed E-state index contributed by atoms with van der Waals surface area (Å²) in [7, 11) is 1.54. The van der Waals surface area contributed by atoms with E-state index in [0.29, 0.717) is 17.1 Å². The zero-order valence-corrected chi connectivity index (χ0v) is 10.6. The first kappa shape index (κ1) is 12.7. The van der Waals surface area contributed by atoms with Gasteiger partial charge in [-0.25, -0.2) is 4.79 Å². The summed E-state index contributed by atoms with van der Waals surface area (Å²) in [5.41, 5.74) is -0.838. The van der Waals surface area contributed by atoms with Gasteiger partial charge in [-0.05, 0) is 26.0 Å². The molecule has 1 aliphatic rings. The normalized spacial score (nSPS) is 25.2. The number of carbonyl (C=O) groups is 1. The SMILES string of the molecule is CCOC(=O)[C@H]1Oc2cc(OC)ccc2[C@]1(C)O. The van der Waals surface area contributed by atoms with Crippen LogP contribution in [-0.4, -0.2) is 30.9 Å². The van der Waals surface area contributed by atoms with Crippen LogP contribution >= 0.6 is 0 Å². The van der Waals surface area contributed by atoms with Gasteiger partial charge in [-0.2, -0.15) is 0 Å². The standard InChI is InChI=1S/C13H16O5/c1-4-17-12(14)11-13(2,15)9-6-5-8(16-3)7-10(9)18-11/h5-7,11,15H,4H2,1-3H3/t11-,13+/m1/s1. The van der Waals surface area contributed by atoms with E-state index in [1.165, 1.54) is 14.0 Å². The fourth-order valence-electron chi connectivity index (χ4n) is 2.02. The van der Waals surface area contributed by atoms with Gasteiger partial charge >= 0.3 is 5.97 Å². The number of hydrogen-bond donors (Lipinski definition) is 1. The van der Waals surface area contributed by atoms with Gasteiger partial charge in [0.05, 0.1) is 13.7 Å². The average molecular weight is 252 g/mol. The molecule has 0 saturated carbocycles. The maximum Gasteiger partial charge on any atom is 0.350 e. The lowest BCUT2D eigenvalue weighted by atomic mass is 9.92. The minimum Gasteiger partial charge on any atom is -0.497 e. The molecule has 2 rings (SSSR count). The number of ether oxygens (including phenoxy) is 3. The summed E-state index contributed by atoms with van der Waals surface area (Å²) in [5.74, 6) is 0.476. The summed E-state index contributed by atoms with van der Waals surface area (Å²) in [6.45, 7) is 3.49. The molecule has 1 aliphatic heterocycles. The van der Waals surface area contributed by atoms with Gasteiger partial charge in [0.15, 0.2) is 0 Å². The maximum absolute atomic E-state index is 11.7. The molecule has 0 aromatic heterocycles. The molecular formula is C13H16O5. The molecular weight excluding hydrogens is 236 g/mol. The topological polar surface area (TPSA) is 65.0 Å². The molecule has 0 spiro atoms. The smallest absolute Gasteiger partial charge is 0.350 e. The Balaban J connectivity index is 2.34. The number of hydrogen-bond acceptors (Lipinski definition) is 5. The second-order valence-electron chi connectivity index (χ2n) is 4.26. The van der Waals surface area contributed by atoms with Crippen LogP contribution in [0.5, 0.6) is 11.5 Å². The summed E-state index contributed by atoms with van der Waals surface area (Å²) in [6, 6.07) is 5.04. The molecule has 98 valence electrons. The van der Waals surface area contributed by atoms with E-state index in [0.717, 1.165) is 0 Å². The van der Waals surface area contributed by atoms with Crippen LogP contribution in [0.3, 0.4) is 0 Å². The molecule has 0 aliphatic carbocycles. The largest absolute Gasteiger partial charge is 0.497 e. The molecule has 0 fully saturated rings. The Bertz CT molecular complexity index is 466. The van der Waals surface area contributed by atoms with Gasteiger partial charge in [-0.15, -0.1) is 0 Å². The first-order chi connectivity index (χ1) is 8.50. The highest BCUT2D eigenvalue weighted by molar-refractivity contribution is 5.79. The molecule has 1 aromatic carbocycles. The maximum atomic E-state index is 11.7. The van der Waals surface area contributed by atoms with Crippen molar-refractivity contribution in [1.29, 1.82) is 0 Å². The van der Waals surface area contributed by atoms with Crippen LogP contribution in [0.2, 0.25) is 0 Å². The van der Waals surface area contributed by atoms with Crippen molar-refractivity contribution in [3.8, 4) is 11.5 Å². The number of benzene rings is 1. The fraction of sp³-hybridized carbons (Fsp3) is 0.462. The average Bonchev–Trinajstić information content (AvgIpc) is 2.61. The van der Waals surface area contributed by atoms with Gasteiger partial charge < -0.3 is 19.3 Å². The van der Waals surface area contributed by atoms with E-state index in [9.17, 15) is 9.90 Å². The van der Waals surface area contributed by atoms with E-state index in [-0.39, 0.29) is 6.61 Å². The molecule has 1 aromatic rings. The lowest BCUT2D eigenvalue weighted by molar-refractivity contribution is -0.161. The van der Waals surface area contributed by atoms with Crippen LogP contribution in [0.25, 0.3) is 0 Å². The van der Waals surface area contributed by atoms with Gasteiger partial charge in [0.1, 0.15) is 17.1 Å². The Labute approximate surface area is 105 Å². The first-order valence-electron chi connectivity index (χ1n) is 5.75. The molecule has 0 radical (unpaired) electrons. The van der Waals surface area contributed by atoms with Crippen LogP contribution in [0.1, 0.15) is 19.4 Å². The third kappa shape index (κ3) is 1.90. The number of rotatable bonds is 3. The molecule has 5 nitrogen and oxygen atoms in total. The van der Waals surface area contributed by atoms with Crippen LogP contribution in [0.15, 0.2) is 18.2 Å². The predicted octanol–water partition coefficient (Wildman–Crippen LogP) is 1.23. The van der Waals surface area contributed by atoms with E-state index in [2.05, 4.69) is 0 Å². The summed E-state index contributed by atoms with van der Waals surface area (Å²) in [5, 5.41) is 10.4. The Morgan fingerprint density at radius 2 is 2.28 bits per heavy atom. The van der Waals surface area contributed by atoms with Gasteiger partial charge in [-0.1, -0.05) is 0 Å². The lowest BCUT2D eigenvalue weighted by Crippen LogP contribution is -2.42. The van der Waals surface area contributed by atoms with E-state index >= 15 is 0 Å². The highest BCUT2D eigenvalue weighted by Crippen LogP contribution is 2.43. The monoisotopic (exact) mass is 252 g/mol. The van der Waals surface area contributed by atoms with Crippen LogP contribution < -0.4 is 9.47 Å². The fourth-order valence-corrected chi connectivity index (χ4v) is 2.02. The predicted molar refractivity (Wildman–Crippen MR) is 63.6 cm³/mol. The number of aliphatic hydroxyl groups is 1. The molecule has 0 saturated heterocycles. The number of fused-ring (bicyclic) bond motifs is 1. The molecule has 1 N–H and O–H groups in total. The van der Waals surface area contributed by atoms with E-state index in [1.54, 1.807) is 25.1 Å². The number of methoxy groups -OCH3 is 1. The highest BCUT2D eigenvalue weighted by atomic mass is 16.6. The lowest BCUT2D eigenvalue weighted by Gasteiger charge is -2.22. The minimum atomic E-state index is -1.39. The van der Waals surface area contributed by atoms with Crippen LogP contribution in [0, 0.1) is 0 Å². The number of esters is 1. The second kappa shape index (κ2) is 4.49. The molecule has 0 unspecified atom stereocenters. The summed E-state index contributed by atoms with van der Waals surface area (Å²) in [4.78, 5) is 11.7. The quantitative estimate of drug-likeness (QED) is 0.819. The van der Waals surface area contributed by atoms with Crippen molar-refractivity contribution in [2.45, 2.75) is 25.6 Å². The third-order valence-corrected chi connectivity index (χ3v) is 2.99. The van der Waals surface area contributed by atoms with Gasteiger partial charge in [0.25, 0.3) is 0 Å². The summed E-state index contributed by atoms with van der Waals surface area (Å²) < 4.78 is 15.4. The van der Waals surface area contributed by atoms with Crippen LogP contribution in [0.4, 0.5) is 0 Å². The molecule has 1 heterocycles. The molecule has 2 atom stereocenters. The van der Waals surface area contributed by atoms with Crippen LogP contribution in [-0.2, 0) is 15.1 Å². The third-order valence-electron chi connectivity index (χ3n) is 2.99. The van der Waals surface area contributed by atoms with Gasteiger partial charge in [0.2, 0.25) is 6.10 Å². The van der Waals surface area contributed by atoms with E-state index < -0.39 is 17.7 Å². The second-order valence-corrected chi connectivity index (χ2v) is 4.26. The van der Waals surface area contributed by atoms with Crippen molar-refractivity contribution < 1.29 is 24.1 Å². The molecule has 18 heavy (non-hydrogen) atoms. The Kier molecular flexibility index (Phi) is 3.17. The Morgan fingerprint density at radius 1 is 1.56 bits per heavy atom. The van der Waals surface area contributed by atoms with Crippen molar-refractivity contribution in [2.24, 2.45) is 0 Å². The van der Waals surface area contributed by atoms with Crippen molar-refractivity contribution >= 4 is 5.97 Å². The highest BCUT2D eigenvalue weighted by Gasteiger charge is 2.49. The van der Waals surface area contributed by atoms with Crippen molar-refractivity contribution in [3.63, 3.8) is 0 Å². The molecule has 5 heteroatoms. The minimum absolute atomic E-state index is 0.244. The van der Waals surface area contributed by atoms with Gasteiger partial charge in [-0.3, -0.25) is 0 Å². The first-order valence-corrected chi connectivity index (χ1v) is 5.75. The zero-order valence-electron chi connectivity index (χ0n) is 10.6. The van der Waals surface area contributed by atoms with Crippen molar-refractivity contribution in [3.05, 3.63) is 23.8 Å². The summed E-state index contributed by atoms with van der Waals surface area (Å²) >= 11 is 0. The van der Waals surface area contributed by atoms with E-state index in [1.807, 2.05) is 0 Å². The van der Waals surface area contributed by atoms with Crippen molar-refractivity contribution in [1.82, 2.24) is 0 Å². The molecule has 0 amide bonds. The van der Waals surface area contributed by atoms with Gasteiger partial charge in [0, 0.05) is 11.6 Å².